The van der Waals surface area contributed by atoms with Crippen LogP contribution in [0.2, 0.25) is 0 Å². The summed E-state index contributed by atoms with van der Waals surface area (Å²) in [5.41, 5.74) is -0.159. The van der Waals surface area contributed by atoms with Crippen LogP contribution in [0.1, 0.15) is 15.8 Å². The van der Waals surface area contributed by atoms with Crippen LogP contribution in [0, 0.1) is 12.8 Å². The lowest BCUT2D eigenvalue weighted by Crippen LogP contribution is -2.39. The van der Waals surface area contributed by atoms with Gasteiger partial charge in [-0.15, -0.1) is 22.9 Å². The van der Waals surface area contributed by atoms with E-state index in [4.69, 9.17) is 11.6 Å². The van der Waals surface area contributed by atoms with Gasteiger partial charge >= 0.3 is 12.4 Å². The van der Waals surface area contributed by atoms with Crippen molar-refractivity contribution < 1.29 is 26.3 Å². The first kappa shape index (κ1) is 16.1. The smallest absolute Gasteiger partial charge is 0.170 e. The highest BCUT2D eigenvalue weighted by Gasteiger charge is 2.60. The minimum atomic E-state index is -5.44. The summed E-state index contributed by atoms with van der Waals surface area (Å²) in [5, 5.41) is -2.19. The average Bonchev–Trinajstić information content (AvgIpc) is 2.39. The number of halogens is 8. The van der Waals surface area contributed by atoms with E-state index in [1.54, 1.807) is 0 Å². The third kappa shape index (κ3) is 3.54. The fourth-order valence-corrected chi connectivity index (χ4v) is 3.76. The molecule has 1 aromatic heterocycles. The van der Waals surface area contributed by atoms with Crippen molar-refractivity contribution in [3.05, 3.63) is 20.3 Å². The molecule has 0 aliphatic heterocycles. The van der Waals surface area contributed by atoms with Gasteiger partial charge in [0.1, 0.15) is 0 Å². The van der Waals surface area contributed by atoms with Gasteiger partial charge in [-0.3, -0.25) is 0 Å². The van der Waals surface area contributed by atoms with E-state index in [2.05, 4.69) is 15.9 Å². The molecule has 104 valence electrons. The zero-order valence-corrected chi connectivity index (χ0v) is 11.8. The van der Waals surface area contributed by atoms with E-state index in [-0.39, 0.29) is 5.56 Å². The first-order chi connectivity index (χ1) is 7.94. The molecule has 0 amide bonds. The molecule has 0 nitrogen and oxygen atoms in total. The summed E-state index contributed by atoms with van der Waals surface area (Å²) in [6.07, 6.45) is -10.9. The minimum Gasteiger partial charge on any atom is -0.170 e. The number of aryl methyl sites for hydroxylation is 1. The van der Waals surface area contributed by atoms with Crippen LogP contribution in [0.3, 0.4) is 0 Å². The number of hydrogen-bond donors (Lipinski definition) is 0. The van der Waals surface area contributed by atoms with Crippen LogP contribution in [0.25, 0.3) is 0 Å². The van der Waals surface area contributed by atoms with Gasteiger partial charge in [0.2, 0.25) is 0 Å². The Balaban J connectivity index is 3.19. The predicted molar refractivity (Wildman–Crippen MR) is 61.0 cm³/mol. The fraction of sp³-hybridized carbons (Fsp3) is 0.556. The van der Waals surface area contributed by atoms with Gasteiger partial charge < -0.3 is 0 Å². The molecule has 0 aromatic carbocycles. The van der Waals surface area contributed by atoms with Crippen LogP contribution in [0.4, 0.5) is 26.3 Å². The second-order valence-electron chi connectivity index (χ2n) is 3.52. The van der Waals surface area contributed by atoms with Crippen molar-refractivity contribution in [2.45, 2.75) is 24.7 Å². The fourth-order valence-electron chi connectivity index (χ4n) is 1.43. The van der Waals surface area contributed by atoms with Gasteiger partial charge in [-0.2, -0.15) is 26.3 Å². The van der Waals surface area contributed by atoms with Crippen LogP contribution in [0.15, 0.2) is 9.85 Å². The molecular formula is C9H6BrClF6S. The molecule has 0 spiro atoms. The van der Waals surface area contributed by atoms with Gasteiger partial charge in [0.15, 0.2) is 5.92 Å². The molecule has 0 radical (unpaired) electrons. The third-order valence-electron chi connectivity index (χ3n) is 2.22. The Morgan fingerprint density at radius 3 is 1.89 bits per heavy atom. The Kier molecular flexibility index (Phi) is 4.66. The molecule has 1 heterocycles. The zero-order chi connectivity index (χ0) is 14.3. The Labute approximate surface area is 116 Å². The molecule has 0 N–H and O–H groups in total. The Bertz CT molecular complexity index is 410. The molecule has 0 fully saturated rings. The van der Waals surface area contributed by atoms with E-state index in [1.807, 2.05) is 0 Å². The number of alkyl halides is 7. The van der Waals surface area contributed by atoms with Crippen LogP contribution < -0.4 is 0 Å². The number of rotatable bonds is 2. The monoisotopic (exact) mass is 374 g/mol. The van der Waals surface area contributed by atoms with Crippen molar-refractivity contribution in [3.8, 4) is 0 Å². The summed E-state index contributed by atoms with van der Waals surface area (Å²) in [6, 6.07) is 1.18. The predicted octanol–water partition coefficient (Wildman–Crippen LogP) is 5.84. The van der Waals surface area contributed by atoms with E-state index >= 15 is 0 Å². The lowest BCUT2D eigenvalue weighted by atomic mass is 9.98. The van der Waals surface area contributed by atoms with E-state index in [0.717, 1.165) is 11.3 Å². The highest BCUT2D eigenvalue weighted by molar-refractivity contribution is 9.11. The van der Waals surface area contributed by atoms with Crippen molar-refractivity contribution in [2.75, 3.05) is 0 Å². The van der Waals surface area contributed by atoms with Crippen LogP contribution in [-0.4, -0.2) is 12.4 Å². The molecule has 1 aromatic rings. The molecule has 1 rings (SSSR count). The summed E-state index contributed by atoms with van der Waals surface area (Å²) >= 11 is 9.44. The lowest BCUT2D eigenvalue weighted by molar-refractivity contribution is -0.284. The summed E-state index contributed by atoms with van der Waals surface area (Å²) in [6.45, 7) is 1.42. The van der Waals surface area contributed by atoms with Gasteiger partial charge in [0.25, 0.3) is 0 Å². The van der Waals surface area contributed by atoms with E-state index < -0.39 is 23.6 Å². The highest BCUT2D eigenvalue weighted by Crippen LogP contribution is 2.50. The van der Waals surface area contributed by atoms with E-state index in [9.17, 15) is 26.3 Å². The molecule has 0 bridgehead atoms. The van der Waals surface area contributed by atoms with E-state index in [1.165, 1.54) is 13.0 Å². The molecule has 0 saturated heterocycles. The van der Waals surface area contributed by atoms with Crippen molar-refractivity contribution in [3.63, 3.8) is 0 Å². The highest BCUT2D eigenvalue weighted by atomic mass is 79.9. The lowest BCUT2D eigenvalue weighted by Gasteiger charge is -2.27. The zero-order valence-electron chi connectivity index (χ0n) is 8.66. The maximum atomic E-state index is 12.5. The normalized spacial score (nSPS) is 15.2. The van der Waals surface area contributed by atoms with Gasteiger partial charge in [-0.1, -0.05) is 0 Å². The molecule has 1 atom stereocenters. The summed E-state index contributed by atoms with van der Waals surface area (Å²) in [7, 11) is 0. The standard InChI is InChI=1S/C9H6BrClF6S/c1-3-4(2-5(10)18-3)6(11)7(8(12,13)14)9(15,16)17/h2,6-7H,1H3. The molecule has 0 saturated carbocycles. The average molecular weight is 376 g/mol. The summed E-state index contributed by atoms with van der Waals surface area (Å²) in [4.78, 5) is 0.320. The molecular weight excluding hydrogens is 370 g/mol. The first-order valence-electron chi connectivity index (χ1n) is 4.48. The minimum absolute atomic E-state index is 0.159. The Morgan fingerprint density at radius 2 is 1.61 bits per heavy atom. The van der Waals surface area contributed by atoms with Gasteiger partial charge in [0, 0.05) is 4.88 Å². The largest absolute Gasteiger partial charge is 0.402 e. The Morgan fingerprint density at radius 1 is 1.17 bits per heavy atom. The second kappa shape index (κ2) is 5.20. The second-order valence-corrected chi connectivity index (χ2v) is 6.63. The topological polar surface area (TPSA) is 0 Å². The third-order valence-corrected chi connectivity index (χ3v) is 4.28. The molecule has 0 aliphatic carbocycles. The quantitative estimate of drug-likeness (QED) is 0.450. The maximum Gasteiger partial charge on any atom is 0.402 e. The van der Waals surface area contributed by atoms with Crippen LogP contribution >= 0.6 is 38.9 Å². The van der Waals surface area contributed by atoms with Crippen LogP contribution in [0.5, 0.6) is 0 Å². The molecule has 1 unspecified atom stereocenters. The Hall–Kier alpha value is 0.0500. The van der Waals surface area contributed by atoms with Gasteiger partial charge in [0.05, 0.1) is 9.16 Å². The maximum absolute atomic E-state index is 12.5. The van der Waals surface area contributed by atoms with Crippen LogP contribution in [-0.2, 0) is 0 Å². The summed E-state index contributed by atoms with van der Waals surface area (Å²) in [5.74, 6) is -3.58. The molecule has 9 heteroatoms. The molecule has 0 aliphatic rings. The van der Waals surface area contributed by atoms with Gasteiger partial charge in [-0.05, 0) is 34.5 Å². The van der Waals surface area contributed by atoms with Crippen molar-refractivity contribution in [2.24, 2.45) is 5.92 Å². The SMILES string of the molecule is Cc1sc(Br)cc1C(Cl)C(C(F)(F)F)C(F)(F)F. The number of thiophene rings is 1. The van der Waals surface area contributed by atoms with Crippen molar-refractivity contribution >= 4 is 38.9 Å². The van der Waals surface area contributed by atoms with Crippen molar-refractivity contribution in [1.82, 2.24) is 0 Å². The first-order valence-corrected chi connectivity index (χ1v) is 6.52. The van der Waals surface area contributed by atoms with E-state index in [0.29, 0.717) is 8.66 Å². The number of hydrogen-bond acceptors (Lipinski definition) is 1. The van der Waals surface area contributed by atoms with Gasteiger partial charge in [-0.25, -0.2) is 0 Å². The summed E-state index contributed by atoms with van der Waals surface area (Å²) < 4.78 is 75.3. The molecule has 18 heavy (non-hydrogen) atoms. The van der Waals surface area contributed by atoms with Crippen molar-refractivity contribution in [1.29, 1.82) is 0 Å².